The van der Waals surface area contributed by atoms with E-state index >= 15 is 0 Å². The van der Waals surface area contributed by atoms with E-state index < -0.39 is 0 Å². The Morgan fingerprint density at radius 1 is 1.35 bits per heavy atom. The van der Waals surface area contributed by atoms with Crippen molar-refractivity contribution in [2.24, 2.45) is 5.92 Å². The van der Waals surface area contributed by atoms with Gasteiger partial charge in [-0.1, -0.05) is 6.07 Å². The lowest BCUT2D eigenvalue weighted by atomic mass is 9.96. The van der Waals surface area contributed by atoms with Gasteiger partial charge < -0.3 is 10.1 Å². The van der Waals surface area contributed by atoms with Gasteiger partial charge in [-0.15, -0.1) is 0 Å². The third-order valence-corrected chi connectivity index (χ3v) is 4.64. The first-order valence-corrected chi connectivity index (χ1v) is 8.69. The second-order valence-electron chi connectivity index (χ2n) is 6.77. The molecule has 2 aliphatic heterocycles. The summed E-state index contributed by atoms with van der Waals surface area (Å²) < 4.78 is 5.78. The second kappa shape index (κ2) is 8.17. The zero-order chi connectivity index (χ0) is 16.1. The third-order valence-electron chi connectivity index (χ3n) is 4.64. The van der Waals surface area contributed by atoms with Gasteiger partial charge in [0.25, 0.3) is 0 Å². The fourth-order valence-corrected chi connectivity index (χ4v) is 3.63. The van der Waals surface area contributed by atoms with E-state index in [1.54, 1.807) is 0 Å². The Balaban J connectivity index is 1.40. The average Bonchev–Trinajstić information content (AvgIpc) is 3.00. The fourth-order valence-electron chi connectivity index (χ4n) is 3.63. The van der Waals surface area contributed by atoms with Crippen molar-refractivity contribution in [1.29, 1.82) is 0 Å². The molecule has 6 heteroatoms. The highest BCUT2D eigenvalue weighted by Crippen LogP contribution is 2.23. The molecule has 1 aromatic heterocycles. The van der Waals surface area contributed by atoms with Gasteiger partial charge in [-0.3, -0.25) is 15.3 Å². The number of nitrogens with one attached hydrogen (secondary N) is 3. The third kappa shape index (κ3) is 4.71. The van der Waals surface area contributed by atoms with Crippen LogP contribution in [0.1, 0.15) is 25.5 Å². The summed E-state index contributed by atoms with van der Waals surface area (Å²) >= 11 is 0. The predicted molar refractivity (Wildman–Crippen MR) is 90.9 cm³/mol. The first-order valence-electron chi connectivity index (χ1n) is 8.69. The van der Waals surface area contributed by atoms with E-state index in [0.29, 0.717) is 24.2 Å². The first-order chi connectivity index (χ1) is 11.2. The number of nitrogens with zero attached hydrogens (tertiary/aromatic N) is 2. The highest BCUT2D eigenvalue weighted by atomic mass is 16.5. The lowest BCUT2D eigenvalue weighted by molar-refractivity contribution is -0.0674. The molecule has 0 spiro atoms. The van der Waals surface area contributed by atoms with Crippen molar-refractivity contribution in [2.75, 3.05) is 39.3 Å². The molecular weight excluding hydrogens is 290 g/mol. The molecule has 2 aliphatic rings. The molecule has 128 valence electrons. The minimum Gasteiger partial charge on any atom is -0.373 e. The van der Waals surface area contributed by atoms with Crippen LogP contribution in [0, 0.1) is 5.92 Å². The number of rotatable bonds is 6. The second-order valence-corrected chi connectivity index (χ2v) is 6.77. The molecule has 2 fully saturated rings. The number of hydrogen-bond acceptors (Lipinski definition) is 6. The van der Waals surface area contributed by atoms with Gasteiger partial charge in [-0.05, 0) is 25.5 Å². The van der Waals surface area contributed by atoms with Crippen LogP contribution in [0.4, 0.5) is 0 Å². The number of hydrazine groups is 1. The molecule has 0 saturated carbocycles. The SMILES string of the molecule is CC1CN(CCNCC2CNNC2c2cccnc2)CC(C)O1. The molecule has 0 amide bonds. The first kappa shape index (κ1) is 16.8. The summed E-state index contributed by atoms with van der Waals surface area (Å²) in [5.41, 5.74) is 7.90. The molecule has 2 saturated heterocycles. The summed E-state index contributed by atoms with van der Waals surface area (Å²) in [7, 11) is 0. The molecule has 1 aromatic rings. The molecule has 0 aliphatic carbocycles. The minimum absolute atomic E-state index is 0.333. The summed E-state index contributed by atoms with van der Waals surface area (Å²) in [6.45, 7) is 10.5. The van der Waals surface area contributed by atoms with E-state index in [1.807, 2.05) is 18.5 Å². The maximum atomic E-state index is 5.78. The van der Waals surface area contributed by atoms with Crippen molar-refractivity contribution >= 4 is 0 Å². The summed E-state index contributed by atoms with van der Waals surface area (Å²) in [5, 5.41) is 3.62. The standard InChI is InChI=1S/C17H29N5O/c1-13-11-22(12-14(2)23-13)7-6-19-9-16-10-20-21-17(16)15-4-3-5-18-8-15/h3-5,8,13-14,16-17,19-21H,6-7,9-12H2,1-2H3. The quantitative estimate of drug-likeness (QED) is 0.666. The molecular formula is C17H29N5O. The smallest absolute Gasteiger partial charge is 0.0678 e. The Morgan fingerprint density at radius 3 is 2.91 bits per heavy atom. The summed E-state index contributed by atoms with van der Waals surface area (Å²) in [4.78, 5) is 6.72. The zero-order valence-corrected chi connectivity index (χ0v) is 14.2. The van der Waals surface area contributed by atoms with Crippen LogP contribution in [-0.2, 0) is 4.74 Å². The number of hydrogen-bond donors (Lipinski definition) is 3. The Hall–Kier alpha value is -1.05. The lowest BCUT2D eigenvalue weighted by Gasteiger charge is -2.35. The van der Waals surface area contributed by atoms with Crippen molar-refractivity contribution in [3.63, 3.8) is 0 Å². The maximum Gasteiger partial charge on any atom is 0.0678 e. The van der Waals surface area contributed by atoms with Gasteiger partial charge in [0.15, 0.2) is 0 Å². The topological polar surface area (TPSA) is 61.5 Å². The van der Waals surface area contributed by atoms with Crippen LogP contribution >= 0.6 is 0 Å². The van der Waals surface area contributed by atoms with E-state index in [1.165, 1.54) is 5.56 Å². The molecule has 6 nitrogen and oxygen atoms in total. The number of morpholine rings is 1. The van der Waals surface area contributed by atoms with E-state index in [9.17, 15) is 0 Å². The maximum absolute atomic E-state index is 5.78. The van der Waals surface area contributed by atoms with E-state index in [2.05, 4.69) is 46.0 Å². The van der Waals surface area contributed by atoms with Gasteiger partial charge in [-0.25, -0.2) is 5.43 Å². The zero-order valence-electron chi connectivity index (χ0n) is 14.2. The van der Waals surface area contributed by atoms with Crippen molar-refractivity contribution in [3.8, 4) is 0 Å². The Morgan fingerprint density at radius 2 is 2.17 bits per heavy atom. The van der Waals surface area contributed by atoms with Gasteiger partial charge in [0, 0.05) is 57.6 Å². The summed E-state index contributed by atoms with van der Waals surface area (Å²) in [6.07, 6.45) is 4.46. The summed E-state index contributed by atoms with van der Waals surface area (Å²) in [6, 6.07) is 4.47. The minimum atomic E-state index is 0.333. The van der Waals surface area contributed by atoms with Crippen molar-refractivity contribution in [1.82, 2.24) is 26.1 Å². The Kier molecular flexibility index (Phi) is 5.96. The van der Waals surface area contributed by atoms with Gasteiger partial charge in [0.2, 0.25) is 0 Å². The van der Waals surface area contributed by atoms with Crippen molar-refractivity contribution < 1.29 is 4.74 Å². The monoisotopic (exact) mass is 319 g/mol. The average molecular weight is 319 g/mol. The lowest BCUT2D eigenvalue weighted by Crippen LogP contribution is -2.47. The molecule has 3 heterocycles. The summed E-state index contributed by atoms with van der Waals surface area (Å²) in [5.74, 6) is 0.543. The number of ether oxygens (including phenoxy) is 1. The Labute approximate surface area is 139 Å². The molecule has 0 radical (unpaired) electrons. The number of aromatic nitrogens is 1. The fraction of sp³-hybridized carbons (Fsp3) is 0.706. The molecule has 4 atom stereocenters. The normalized spacial score (nSPS) is 32.3. The predicted octanol–water partition coefficient (Wildman–Crippen LogP) is 0.546. The van der Waals surface area contributed by atoms with E-state index in [0.717, 1.165) is 39.3 Å². The highest BCUT2D eigenvalue weighted by molar-refractivity contribution is 5.16. The van der Waals surface area contributed by atoms with Gasteiger partial charge in [0.05, 0.1) is 18.2 Å². The molecule has 0 aromatic carbocycles. The van der Waals surface area contributed by atoms with Crippen LogP contribution in [-0.4, -0.2) is 61.4 Å². The molecule has 4 unspecified atom stereocenters. The van der Waals surface area contributed by atoms with Gasteiger partial charge in [0.1, 0.15) is 0 Å². The van der Waals surface area contributed by atoms with E-state index in [-0.39, 0.29) is 0 Å². The molecule has 0 bridgehead atoms. The van der Waals surface area contributed by atoms with Gasteiger partial charge >= 0.3 is 0 Å². The van der Waals surface area contributed by atoms with Crippen LogP contribution in [0.25, 0.3) is 0 Å². The Bertz CT molecular complexity index is 461. The van der Waals surface area contributed by atoms with Crippen molar-refractivity contribution in [2.45, 2.75) is 32.1 Å². The van der Waals surface area contributed by atoms with Crippen LogP contribution in [0.2, 0.25) is 0 Å². The van der Waals surface area contributed by atoms with Crippen LogP contribution in [0.15, 0.2) is 24.5 Å². The van der Waals surface area contributed by atoms with E-state index in [4.69, 9.17) is 4.74 Å². The van der Waals surface area contributed by atoms with Crippen LogP contribution in [0.5, 0.6) is 0 Å². The molecule has 23 heavy (non-hydrogen) atoms. The van der Waals surface area contributed by atoms with Gasteiger partial charge in [-0.2, -0.15) is 0 Å². The molecule has 3 rings (SSSR count). The number of pyridine rings is 1. The van der Waals surface area contributed by atoms with Crippen molar-refractivity contribution in [3.05, 3.63) is 30.1 Å². The van der Waals surface area contributed by atoms with Crippen LogP contribution < -0.4 is 16.2 Å². The molecule has 3 N–H and O–H groups in total. The largest absolute Gasteiger partial charge is 0.373 e. The van der Waals surface area contributed by atoms with Crippen LogP contribution in [0.3, 0.4) is 0 Å². The highest BCUT2D eigenvalue weighted by Gasteiger charge is 2.28.